The molecule has 0 radical (unpaired) electrons. The summed E-state index contributed by atoms with van der Waals surface area (Å²) in [6, 6.07) is 0. The van der Waals surface area contributed by atoms with Crippen LogP contribution in [0.15, 0.2) is 85.1 Å². The molecule has 0 heterocycles. The smallest absolute Gasteiger partial charge is 0.306 e. The van der Waals surface area contributed by atoms with Gasteiger partial charge in [0.25, 0.3) is 0 Å². The largest absolute Gasteiger partial charge is 0.545 e. The summed E-state index contributed by atoms with van der Waals surface area (Å²) in [4.78, 5) is 37.4. The molecule has 0 rings (SSSR count). The van der Waals surface area contributed by atoms with Gasteiger partial charge in [0.05, 0.1) is 40.3 Å². The van der Waals surface area contributed by atoms with E-state index in [9.17, 15) is 19.5 Å². The zero-order valence-corrected chi connectivity index (χ0v) is 49.1. The molecule has 0 saturated carbocycles. The Bertz CT molecular complexity index is 1500. The van der Waals surface area contributed by atoms with Crippen LogP contribution in [0.2, 0.25) is 0 Å². The maximum Gasteiger partial charge on any atom is 0.306 e. The summed E-state index contributed by atoms with van der Waals surface area (Å²) in [5.74, 6) is -2.29. The Kier molecular flexibility index (Phi) is 54.0. The van der Waals surface area contributed by atoms with E-state index in [0.717, 1.165) is 83.5 Å². The average Bonchev–Trinajstić information content (AvgIpc) is 3.38. The molecule has 0 aromatic heterocycles. The van der Waals surface area contributed by atoms with E-state index in [0.29, 0.717) is 17.4 Å². The summed E-state index contributed by atoms with van der Waals surface area (Å²) < 4.78 is 22.7. The summed E-state index contributed by atoms with van der Waals surface area (Å²) in [7, 11) is 5.92. The number of hydrogen-bond donors (Lipinski definition) is 0. The Balaban J connectivity index is 4.25. The molecular weight excluding hydrogens is 935 g/mol. The SMILES string of the molecule is CC/C=C\C/C=C\C/C=C\C/C=C\C/C=C\C/C=C\CCCCCCCCCCC(=O)OC(COC(=O)CCCCCCCCCCCCC/C=C\CCCCCCCCCC)COC(OCC[N+](C)(C)C)C(=O)[O-]. The van der Waals surface area contributed by atoms with Gasteiger partial charge in [-0.2, -0.15) is 0 Å². The lowest BCUT2D eigenvalue weighted by Gasteiger charge is -2.26. The normalized spacial score (nSPS) is 13.3. The first-order valence-corrected chi connectivity index (χ1v) is 30.7. The molecule has 2 unspecified atom stereocenters. The van der Waals surface area contributed by atoms with Crippen molar-refractivity contribution in [2.24, 2.45) is 0 Å². The van der Waals surface area contributed by atoms with Gasteiger partial charge in [0.15, 0.2) is 12.4 Å². The zero-order chi connectivity index (χ0) is 54.8. The van der Waals surface area contributed by atoms with Crippen LogP contribution in [0.3, 0.4) is 0 Å². The summed E-state index contributed by atoms with van der Waals surface area (Å²) in [5, 5.41) is 11.8. The highest BCUT2D eigenvalue weighted by Crippen LogP contribution is 2.16. The standard InChI is InChI=1S/C66H115NO8/c1-6-8-10-12-14-16-18-20-22-24-26-28-30-31-32-33-35-37-39-41-43-45-47-49-51-53-55-57-64(69)75-62(61-74-66(65(70)71)72-59-58-67(3,4)5)60-73-63(68)56-54-52-50-48-46-44-42-40-38-36-34-29-27-25-23-21-19-17-15-13-11-9-7-2/h8,10,14,16,20,22,25-28,31-32,35,37,62,66H,6-7,9,11-13,15,17-19,21,23-24,29-30,33-34,36,38-61H2,1-5H3/b10-8-,16-14-,22-20-,27-25-,28-26-,32-31-,37-35-. The molecule has 0 N–H and O–H groups in total. The van der Waals surface area contributed by atoms with Crippen LogP contribution in [0, 0.1) is 0 Å². The number of carbonyl (C=O) groups is 3. The molecule has 0 aliphatic heterocycles. The number of nitrogens with zero attached hydrogens (tertiary/aromatic N) is 1. The highest BCUT2D eigenvalue weighted by molar-refractivity contribution is 5.70. The van der Waals surface area contributed by atoms with Crippen LogP contribution in [0.5, 0.6) is 0 Å². The van der Waals surface area contributed by atoms with Crippen molar-refractivity contribution in [3.8, 4) is 0 Å². The van der Waals surface area contributed by atoms with Gasteiger partial charge in [0.1, 0.15) is 13.2 Å². The predicted molar refractivity (Wildman–Crippen MR) is 315 cm³/mol. The molecule has 75 heavy (non-hydrogen) atoms. The van der Waals surface area contributed by atoms with Crippen LogP contribution < -0.4 is 5.11 Å². The maximum absolute atomic E-state index is 12.9. The third-order valence-corrected chi connectivity index (χ3v) is 13.1. The molecule has 0 amide bonds. The minimum absolute atomic E-state index is 0.143. The number of quaternary nitrogens is 1. The van der Waals surface area contributed by atoms with Crippen molar-refractivity contribution in [1.82, 2.24) is 0 Å². The number of carbonyl (C=O) groups excluding carboxylic acids is 3. The molecule has 0 aliphatic rings. The summed E-state index contributed by atoms with van der Waals surface area (Å²) in [5.41, 5.74) is 0. The number of carboxylic acid groups (broad SMARTS) is 1. The van der Waals surface area contributed by atoms with E-state index < -0.39 is 24.3 Å². The van der Waals surface area contributed by atoms with Crippen molar-refractivity contribution < 1.29 is 42.9 Å². The number of allylic oxidation sites excluding steroid dienone is 14. The highest BCUT2D eigenvalue weighted by Gasteiger charge is 2.22. The van der Waals surface area contributed by atoms with Crippen molar-refractivity contribution in [2.75, 3.05) is 47.5 Å². The number of hydrogen-bond acceptors (Lipinski definition) is 8. The van der Waals surface area contributed by atoms with Gasteiger partial charge in [-0.3, -0.25) is 9.59 Å². The third-order valence-electron chi connectivity index (χ3n) is 13.1. The molecule has 0 aromatic rings. The van der Waals surface area contributed by atoms with Crippen molar-refractivity contribution in [3.05, 3.63) is 85.1 Å². The number of ether oxygens (including phenoxy) is 4. The molecular formula is C66H115NO8. The molecule has 9 nitrogen and oxygen atoms in total. The lowest BCUT2D eigenvalue weighted by Crippen LogP contribution is -2.44. The number of rotatable bonds is 56. The van der Waals surface area contributed by atoms with Crippen LogP contribution in [0.25, 0.3) is 0 Å². The van der Waals surface area contributed by atoms with Crippen molar-refractivity contribution in [1.29, 1.82) is 0 Å². The molecule has 0 spiro atoms. The number of aliphatic carboxylic acids is 1. The van der Waals surface area contributed by atoms with Crippen molar-refractivity contribution in [2.45, 2.75) is 270 Å². The zero-order valence-electron chi connectivity index (χ0n) is 49.1. The van der Waals surface area contributed by atoms with E-state index in [1.54, 1.807) is 0 Å². The van der Waals surface area contributed by atoms with Crippen molar-refractivity contribution >= 4 is 17.9 Å². The topological polar surface area (TPSA) is 111 Å². The summed E-state index contributed by atoms with van der Waals surface area (Å²) in [6.07, 6.45) is 72.0. The summed E-state index contributed by atoms with van der Waals surface area (Å²) >= 11 is 0. The number of unbranched alkanes of at least 4 members (excludes halogenated alkanes) is 27. The Hall–Kier alpha value is -3.53. The third kappa shape index (κ3) is 58.0. The van der Waals surface area contributed by atoms with E-state index in [-0.39, 0.29) is 38.6 Å². The van der Waals surface area contributed by atoms with E-state index in [1.807, 2.05) is 21.1 Å². The fourth-order valence-electron chi connectivity index (χ4n) is 8.42. The Morgan fingerprint density at radius 1 is 0.413 bits per heavy atom. The van der Waals surface area contributed by atoms with Gasteiger partial charge in [-0.1, -0.05) is 240 Å². The van der Waals surface area contributed by atoms with Gasteiger partial charge in [-0.15, -0.1) is 0 Å². The fourth-order valence-corrected chi connectivity index (χ4v) is 8.42. The second-order valence-electron chi connectivity index (χ2n) is 21.6. The van der Waals surface area contributed by atoms with Gasteiger partial charge in [0.2, 0.25) is 0 Å². The second kappa shape index (κ2) is 56.7. The quantitative estimate of drug-likeness (QED) is 0.0195. The van der Waals surface area contributed by atoms with Gasteiger partial charge >= 0.3 is 11.9 Å². The first-order chi connectivity index (χ1) is 36.6. The molecule has 432 valence electrons. The van der Waals surface area contributed by atoms with Crippen molar-refractivity contribution in [3.63, 3.8) is 0 Å². The van der Waals surface area contributed by atoms with Crippen LogP contribution in [0.4, 0.5) is 0 Å². The monoisotopic (exact) mass is 1050 g/mol. The minimum atomic E-state index is -1.63. The lowest BCUT2D eigenvalue weighted by molar-refractivity contribution is -0.870. The summed E-state index contributed by atoms with van der Waals surface area (Å²) in [6.45, 7) is 4.64. The van der Waals surface area contributed by atoms with E-state index >= 15 is 0 Å². The van der Waals surface area contributed by atoms with Gasteiger partial charge in [-0.05, 0) is 89.9 Å². The first kappa shape index (κ1) is 71.5. The lowest BCUT2D eigenvalue weighted by atomic mass is 10.0. The Labute approximate surface area is 461 Å². The highest BCUT2D eigenvalue weighted by atomic mass is 16.7. The van der Waals surface area contributed by atoms with Gasteiger partial charge < -0.3 is 33.3 Å². The van der Waals surface area contributed by atoms with E-state index in [1.165, 1.54) is 141 Å². The molecule has 0 saturated heterocycles. The van der Waals surface area contributed by atoms with Crippen LogP contribution >= 0.6 is 0 Å². The molecule has 0 fully saturated rings. The Morgan fingerprint density at radius 2 is 0.760 bits per heavy atom. The van der Waals surface area contributed by atoms with E-state index in [2.05, 4.69) is 98.9 Å². The van der Waals surface area contributed by atoms with Crippen LogP contribution in [-0.2, 0) is 33.3 Å². The molecule has 2 atom stereocenters. The fraction of sp³-hybridized carbons (Fsp3) is 0.742. The van der Waals surface area contributed by atoms with Gasteiger partial charge in [-0.25, -0.2) is 0 Å². The Morgan fingerprint density at radius 3 is 1.15 bits per heavy atom. The van der Waals surface area contributed by atoms with Crippen LogP contribution in [0.1, 0.15) is 258 Å². The molecule has 9 heteroatoms. The minimum Gasteiger partial charge on any atom is -0.545 e. The van der Waals surface area contributed by atoms with E-state index in [4.69, 9.17) is 18.9 Å². The maximum atomic E-state index is 12.9. The van der Waals surface area contributed by atoms with Gasteiger partial charge in [0, 0.05) is 12.8 Å². The predicted octanol–water partition coefficient (Wildman–Crippen LogP) is 17.0. The molecule has 0 bridgehead atoms. The van der Waals surface area contributed by atoms with Crippen LogP contribution in [-0.4, -0.2) is 82.3 Å². The molecule has 0 aliphatic carbocycles. The average molecular weight is 1050 g/mol. The number of carboxylic acids is 1. The second-order valence-corrected chi connectivity index (χ2v) is 21.6. The number of esters is 2. The first-order valence-electron chi connectivity index (χ1n) is 30.7. The molecule has 0 aromatic carbocycles. The number of likely N-dealkylation sites (N-methyl/N-ethyl adjacent to an activating group) is 1.